The molecule has 3 fully saturated rings. The molecular formula is C31H44O5. The Morgan fingerprint density at radius 3 is 2.17 bits per heavy atom. The molecule has 0 bridgehead atoms. The van der Waals surface area contributed by atoms with Gasteiger partial charge in [-0.3, -0.25) is 9.59 Å². The second kappa shape index (κ2) is 8.23. The molecule has 5 nitrogen and oxygen atoms in total. The maximum absolute atomic E-state index is 11.9. The van der Waals surface area contributed by atoms with Crippen LogP contribution in [0, 0.1) is 40.9 Å². The highest BCUT2D eigenvalue weighted by Gasteiger charge is 2.67. The van der Waals surface area contributed by atoms with Crippen LogP contribution in [0.4, 0.5) is 0 Å². The Labute approximate surface area is 216 Å². The summed E-state index contributed by atoms with van der Waals surface area (Å²) in [5.74, 6) is 2.67. The summed E-state index contributed by atoms with van der Waals surface area (Å²) in [7, 11) is 0. The predicted molar refractivity (Wildman–Crippen MR) is 139 cm³/mol. The van der Waals surface area contributed by atoms with Crippen molar-refractivity contribution in [2.75, 3.05) is 0 Å². The van der Waals surface area contributed by atoms with E-state index >= 15 is 0 Å². The summed E-state index contributed by atoms with van der Waals surface area (Å²) in [5.41, 5.74) is 2.35. The van der Waals surface area contributed by atoms with Gasteiger partial charge in [-0.25, -0.2) is 0 Å². The molecule has 5 rings (SSSR count). The average molecular weight is 497 g/mol. The SMILES string of the molecule is CC(=O)Oc1cc(C)c2c(c1)C[C@H]1[C@]3(C)CC[C@H]4C(C)(C)[C@@H](OC(C)=O)CC[C@]4(C)[C@@H]3CC[C@]1(C)O2. The number of carbonyl (C=O) groups is 2. The van der Waals surface area contributed by atoms with Crippen LogP contribution in [-0.4, -0.2) is 23.6 Å². The van der Waals surface area contributed by atoms with Crippen molar-refractivity contribution < 1.29 is 23.8 Å². The summed E-state index contributed by atoms with van der Waals surface area (Å²) in [4.78, 5) is 23.5. The van der Waals surface area contributed by atoms with Crippen molar-refractivity contribution in [2.24, 2.45) is 34.0 Å². The van der Waals surface area contributed by atoms with Crippen LogP contribution >= 0.6 is 0 Å². The molecule has 198 valence electrons. The summed E-state index contributed by atoms with van der Waals surface area (Å²) >= 11 is 0. The van der Waals surface area contributed by atoms with E-state index in [4.69, 9.17) is 14.2 Å². The second-order valence-electron chi connectivity index (χ2n) is 13.6. The fraction of sp³-hybridized carbons (Fsp3) is 0.742. The van der Waals surface area contributed by atoms with Crippen LogP contribution in [0.3, 0.4) is 0 Å². The molecule has 1 heterocycles. The first-order valence-corrected chi connectivity index (χ1v) is 13.9. The fourth-order valence-electron chi connectivity index (χ4n) is 9.71. The van der Waals surface area contributed by atoms with E-state index in [1.165, 1.54) is 18.9 Å². The molecule has 0 unspecified atom stereocenters. The van der Waals surface area contributed by atoms with E-state index in [2.05, 4.69) is 41.5 Å². The van der Waals surface area contributed by atoms with Crippen LogP contribution in [0.25, 0.3) is 0 Å². The lowest BCUT2D eigenvalue weighted by Gasteiger charge is -2.69. The molecule has 7 atom stereocenters. The monoisotopic (exact) mass is 496 g/mol. The molecule has 3 aliphatic carbocycles. The zero-order chi connectivity index (χ0) is 26.3. The Morgan fingerprint density at radius 1 is 0.861 bits per heavy atom. The molecule has 4 aliphatic rings. The van der Waals surface area contributed by atoms with Gasteiger partial charge in [-0.05, 0) is 105 Å². The van der Waals surface area contributed by atoms with Crippen LogP contribution in [0.5, 0.6) is 11.5 Å². The lowest BCUT2D eigenvalue weighted by atomic mass is 9.37. The Morgan fingerprint density at radius 2 is 1.50 bits per heavy atom. The van der Waals surface area contributed by atoms with Gasteiger partial charge in [-0.2, -0.15) is 0 Å². The van der Waals surface area contributed by atoms with Gasteiger partial charge in [0.2, 0.25) is 0 Å². The number of rotatable bonds is 2. The third-order valence-electron chi connectivity index (χ3n) is 11.1. The molecule has 1 aliphatic heterocycles. The number of carbonyl (C=O) groups excluding carboxylic acids is 2. The first kappa shape index (κ1) is 25.6. The number of aryl methyl sites for hydroxylation is 1. The number of benzene rings is 1. The Hall–Kier alpha value is -2.04. The number of ether oxygens (including phenoxy) is 3. The fourth-order valence-corrected chi connectivity index (χ4v) is 9.71. The number of hydrogen-bond acceptors (Lipinski definition) is 5. The third kappa shape index (κ3) is 3.70. The number of fused-ring (bicyclic) bond motifs is 6. The molecule has 0 saturated heterocycles. The summed E-state index contributed by atoms with van der Waals surface area (Å²) in [6.45, 7) is 17.1. The van der Waals surface area contributed by atoms with Crippen LogP contribution < -0.4 is 9.47 Å². The zero-order valence-corrected chi connectivity index (χ0v) is 23.5. The van der Waals surface area contributed by atoms with Crippen molar-refractivity contribution in [3.8, 4) is 11.5 Å². The maximum Gasteiger partial charge on any atom is 0.308 e. The molecular weight excluding hydrogens is 452 g/mol. The molecule has 0 spiro atoms. The third-order valence-corrected chi connectivity index (χ3v) is 11.1. The van der Waals surface area contributed by atoms with Gasteiger partial charge in [0.05, 0.1) is 0 Å². The van der Waals surface area contributed by atoms with E-state index in [-0.39, 0.29) is 39.9 Å². The van der Waals surface area contributed by atoms with E-state index in [9.17, 15) is 9.59 Å². The van der Waals surface area contributed by atoms with Gasteiger partial charge >= 0.3 is 11.9 Å². The molecule has 5 heteroatoms. The van der Waals surface area contributed by atoms with E-state index in [1.54, 1.807) is 6.92 Å². The van der Waals surface area contributed by atoms with Crippen molar-refractivity contribution in [1.82, 2.24) is 0 Å². The van der Waals surface area contributed by atoms with Crippen LogP contribution in [0.15, 0.2) is 12.1 Å². The van der Waals surface area contributed by atoms with Gasteiger partial charge in [0.1, 0.15) is 23.2 Å². The largest absolute Gasteiger partial charge is 0.487 e. The normalized spacial score (nSPS) is 40.4. The van der Waals surface area contributed by atoms with Gasteiger partial charge in [0, 0.05) is 25.2 Å². The molecule has 3 saturated carbocycles. The first-order chi connectivity index (χ1) is 16.7. The van der Waals surface area contributed by atoms with Gasteiger partial charge in [0.25, 0.3) is 0 Å². The summed E-state index contributed by atoms with van der Waals surface area (Å²) < 4.78 is 18.2. The average Bonchev–Trinajstić information content (AvgIpc) is 2.74. The summed E-state index contributed by atoms with van der Waals surface area (Å²) in [6.07, 6.45) is 7.54. The molecule has 0 aromatic heterocycles. The molecule has 0 radical (unpaired) electrons. The highest BCUT2D eigenvalue weighted by molar-refractivity contribution is 5.70. The molecule has 1 aromatic carbocycles. The second-order valence-corrected chi connectivity index (χ2v) is 13.6. The maximum atomic E-state index is 11.9. The van der Waals surface area contributed by atoms with Crippen LogP contribution in [0.2, 0.25) is 0 Å². The minimum atomic E-state index is -0.293. The predicted octanol–water partition coefficient (Wildman–Crippen LogP) is 6.81. The van der Waals surface area contributed by atoms with E-state index in [0.717, 1.165) is 49.8 Å². The highest BCUT2D eigenvalue weighted by atomic mass is 16.5. The van der Waals surface area contributed by atoms with Crippen molar-refractivity contribution in [3.05, 3.63) is 23.3 Å². The molecule has 36 heavy (non-hydrogen) atoms. The minimum absolute atomic E-state index is 0.00106. The van der Waals surface area contributed by atoms with Crippen molar-refractivity contribution >= 4 is 11.9 Å². The lowest BCUT2D eigenvalue weighted by Crippen LogP contribution is -2.66. The van der Waals surface area contributed by atoms with Crippen LogP contribution in [0.1, 0.15) is 98.1 Å². The van der Waals surface area contributed by atoms with Gasteiger partial charge in [0.15, 0.2) is 0 Å². The van der Waals surface area contributed by atoms with Crippen molar-refractivity contribution in [2.45, 2.75) is 112 Å². The Bertz CT molecular complexity index is 1090. The molecule has 1 aromatic rings. The van der Waals surface area contributed by atoms with Gasteiger partial charge < -0.3 is 14.2 Å². The lowest BCUT2D eigenvalue weighted by molar-refractivity contribution is -0.228. The molecule has 0 amide bonds. The van der Waals surface area contributed by atoms with E-state index < -0.39 is 0 Å². The first-order valence-electron chi connectivity index (χ1n) is 13.9. The number of hydrogen-bond donors (Lipinski definition) is 0. The minimum Gasteiger partial charge on any atom is -0.487 e. The summed E-state index contributed by atoms with van der Waals surface area (Å²) in [6, 6.07) is 3.95. The summed E-state index contributed by atoms with van der Waals surface area (Å²) in [5, 5.41) is 0. The zero-order valence-electron chi connectivity index (χ0n) is 23.5. The van der Waals surface area contributed by atoms with Crippen LogP contribution in [-0.2, 0) is 20.7 Å². The quantitative estimate of drug-likeness (QED) is 0.332. The highest BCUT2D eigenvalue weighted by Crippen LogP contribution is 2.71. The topological polar surface area (TPSA) is 61.8 Å². The standard InChI is InChI=1S/C31H44O5/c1-18-15-22(34-19(2)32)16-21-17-25-30(7)12-9-23-28(4,5)26(35-20(3)33)11-13-29(23,6)24(30)10-14-31(25,8)36-27(18)21/h15-16,23-26H,9-14,17H2,1-8H3/t23-,24-,25-,26-,29-,30+,31-/m0/s1. The van der Waals surface area contributed by atoms with Crippen molar-refractivity contribution in [1.29, 1.82) is 0 Å². The van der Waals surface area contributed by atoms with Crippen molar-refractivity contribution in [3.63, 3.8) is 0 Å². The van der Waals surface area contributed by atoms with Gasteiger partial charge in [-0.15, -0.1) is 0 Å². The molecule has 0 N–H and O–H groups in total. The Balaban J connectivity index is 1.50. The van der Waals surface area contributed by atoms with Gasteiger partial charge in [-0.1, -0.05) is 27.7 Å². The number of esters is 2. The van der Waals surface area contributed by atoms with E-state index in [0.29, 0.717) is 23.5 Å². The smallest absolute Gasteiger partial charge is 0.308 e. The van der Waals surface area contributed by atoms with E-state index in [1.807, 2.05) is 12.1 Å². The Kier molecular flexibility index (Phi) is 5.85.